The minimum Gasteiger partial charge on any atom is -0.492 e. The number of aromatic nitrogens is 2. The van der Waals surface area contributed by atoms with Crippen LogP contribution in [0.4, 0.5) is 5.69 Å². The number of ether oxygens (including phenoxy) is 1. The van der Waals surface area contributed by atoms with E-state index in [0.717, 1.165) is 5.69 Å². The molecule has 0 fully saturated rings. The fourth-order valence-corrected chi connectivity index (χ4v) is 4.11. The summed E-state index contributed by atoms with van der Waals surface area (Å²) in [6.45, 7) is 0.825. The maximum atomic E-state index is 13.1. The highest BCUT2D eigenvalue weighted by Crippen LogP contribution is 2.22. The van der Waals surface area contributed by atoms with Crippen LogP contribution in [0, 0.1) is 4.77 Å². The van der Waals surface area contributed by atoms with Crippen molar-refractivity contribution in [1.29, 1.82) is 0 Å². The fourth-order valence-electron chi connectivity index (χ4n) is 3.20. The van der Waals surface area contributed by atoms with Gasteiger partial charge in [0.2, 0.25) is 0 Å². The first-order valence-corrected chi connectivity index (χ1v) is 11.5. The van der Waals surface area contributed by atoms with Crippen LogP contribution in [0.25, 0.3) is 16.6 Å². The molecule has 6 nitrogen and oxygen atoms in total. The minimum atomic E-state index is -0.258. The zero-order chi connectivity index (χ0) is 23.4. The summed E-state index contributed by atoms with van der Waals surface area (Å²) < 4.78 is 7.42. The lowest BCUT2D eigenvalue weighted by atomic mass is 10.2. The van der Waals surface area contributed by atoms with Crippen LogP contribution in [0.15, 0.2) is 71.5 Å². The Hall–Kier alpha value is -2.91. The maximum absolute atomic E-state index is 13.1. The monoisotopic (exact) mass is 516 g/mol. The van der Waals surface area contributed by atoms with Crippen molar-refractivity contribution in [3.05, 3.63) is 91.9 Å². The van der Waals surface area contributed by atoms with Crippen LogP contribution in [0.5, 0.6) is 5.75 Å². The summed E-state index contributed by atoms with van der Waals surface area (Å²) in [7, 11) is 0. The van der Waals surface area contributed by atoms with E-state index in [-0.39, 0.29) is 10.3 Å². The number of rotatable bonds is 6. The van der Waals surface area contributed by atoms with E-state index < -0.39 is 0 Å². The number of para-hydroxylation sites is 2. The second kappa shape index (κ2) is 10.4. The SMILES string of the molecule is O=c1c2ccc(OCCNC(=S)Nc3ccccc3Cl)cc2[nH]c(=S)n1-c1ccccc1Cl. The molecular weight excluding hydrogens is 499 g/mol. The molecular formula is C23H18Cl2N4O2S2. The first-order valence-electron chi connectivity index (χ1n) is 9.90. The number of aromatic amines is 1. The van der Waals surface area contributed by atoms with Crippen LogP contribution in [-0.4, -0.2) is 27.8 Å². The third-order valence-corrected chi connectivity index (χ3v) is 5.92. The van der Waals surface area contributed by atoms with Gasteiger partial charge in [0.1, 0.15) is 12.4 Å². The van der Waals surface area contributed by atoms with Gasteiger partial charge in [-0.1, -0.05) is 47.5 Å². The number of hydrogen-bond acceptors (Lipinski definition) is 4. The van der Waals surface area contributed by atoms with Gasteiger partial charge in [0.25, 0.3) is 5.56 Å². The van der Waals surface area contributed by atoms with Gasteiger partial charge in [0.05, 0.1) is 38.9 Å². The highest BCUT2D eigenvalue weighted by molar-refractivity contribution is 7.80. The lowest BCUT2D eigenvalue weighted by Crippen LogP contribution is -2.32. The van der Waals surface area contributed by atoms with Crippen LogP contribution >= 0.6 is 47.6 Å². The molecule has 0 spiro atoms. The normalized spacial score (nSPS) is 10.7. The van der Waals surface area contributed by atoms with Crippen LogP contribution in [0.2, 0.25) is 10.0 Å². The molecule has 10 heteroatoms. The molecule has 0 bridgehead atoms. The number of anilines is 1. The Balaban J connectivity index is 1.43. The van der Waals surface area contributed by atoms with Crippen molar-refractivity contribution in [2.45, 2.75) is 0 Å². The molecule has 0 aliphatic heterocycles. The summed E-state index contributed by atoms with van der Waals surface area (Å²) in [5.74, 6) is 0.592. The zero-order valence-electron chi connectivity index (χ0n) is 17.1. The molecule has 1 heterocycles. The predicted octanol–water partition coefficient (Wildman–Crippen LogP) is 5.72. The summed E-state index contributed by atoms with van der Waals surface area (Å²) in [5.41, 5.74) is 1.57. The molecule has 0 saturated heterocycles. The van der Waals surface area contributed by atoms with Gasteiger partial charge < -0.3 is 20.4 Å². The molecule has 0 atom stereocenters. The number of thiocarbonyl (C=S) groups is 1. The summed E-state index contributed by atoms with van der Waals surface area (Å²) in [6, 6.07) is 19.6. The van der Waals surface area contributed by atoms with Gasteiger partial charge in [-0.15, -0.1) is 0 Å². The molecule has 0 amide bonds. The standard InChI is InChI=1S/C23H18Cl2N4O2S2/c24-16-5-1-3-7-18(16)27-22(32)26-11-12-31-14-9-10-15-19(13-14)28-23(33)29(21(15)30)20-8-4-2-6-17(20)25/h1-10,13H,11-12H2,(H,28,33)(H2,26,27,32). The van der Waals surface area contributed by atoms with Gasteiger partial charge in [-0.05, 0) is 60.8 Å². The Morgan fingerprint density at radius 1 is 1.03 bits per heavy atom. The Bertz CT molecular complexity index is 1450. The van der Waals surface area contributed by atoms with Crippen LogP contribution < -0.4 is 20.9 Å². The molecule has 0 unspecified atom stereocenters. The summed E-state index contributed by atoms with van der Waals surface area (Å²) in [4.78, 5) is 16.1. The van der Waals surface area contributed by atoms with Crippen molar-refractivity contribution >= 4 is 69.3 Å². The van der Waals surface area contributed by atoms with Crippen LogP contribution in [0.1, 0.15) is 0 Å². The molecule has 3 aromatic carbocycles. The van der Waals surface area contributed by atoms with E-state index in [1.54, 1.807) is 48.5 Å². The average molecular weight is 517 g/mol. The molecule has 168 valence electrons. The van der Waals surface area contributed by atoms with Crippen LogP contribution in [0.3, 0.4) is 0 Å². The van der Waals surface area contributed by atoms with Crippen molar-refractivity contribution in [1.82, 2.24) is 14.9 Å². The highest BCUT2D eigenvalue weighted by Gasteiger charge is 2.11. The average Bonchev–Trinajstić information content (AvgIpc) is 2.79. The maximum Gasteiger partial charge on any atom is 0.266 e. The number of fused-ring (bicyclic) bond motifs is 1. The van der Waals surface area contributed by atoms with Gasteiger partial charge in [0, 0.05) is 6.07 Å². The Kier molecular flexibility index (Phi) is 7.29. The lowest BCUT2D eigenvalue weighted by Gasteiger charge is -2.13. The smallest absolute Gasteiger partial charge is 0.266 e. The second-order valence-electron chi connectivity index (χ2n) is 6.94. The molecule has 0 aliphatic rings. The molecule has 3 N–H and O–H groups in total. The predicted molar refractivity (Wildman–Crippen MR) is 141 cm³/mol. The molecule has 1 aromatic heterocycles. The highest BCUT2D eigenvalue weighted by atomic mass is 35.5. The summed E-state index contributed by atoms with van der Waals surface area (Å²) in [5, 5.41) is 8.03. The molecule has 4 aromatic rings. The number of nitrogens with one attached hydrogen (secondary N) is 3. The van der Waals surface area contributed by atoms with Crippen molar-refractivity contribution in [2.75, 3.05) is 18.5 Å². The Morgan fingerprint density at radius 2 is 1.76 bits per heavy atom. The summed E-state index contributed by atoms with van der Waals surface area (Å²) >= 11 is 23.1. The molecule has 0 aliphatic carbocycles. The van der Waals surface area contributed by atoms with E-state index in [1.807, 2.05) is 18.2 Å². The van der Waals surface area contributed by atoms with Crippen molar-refractivity contribution in [3.8, 4) is 11.4 Å². The van der Waals surface area contributed by atoms with E-state index in [4.69, 9.17) is 52.4 Å². The number of H-pyrrole nitrogens is 1. The molecule has 0 radical (unpaired) electrons. The van der Waals surface area contributed by atoms with Crippen LogP contribution in [-0.2, 0) is 0 Å². The molecule has 0 saturated carbocycles. The van der Waals surface area contributed by atoms with Gasteiger partial charge in [0.15, 0.2) is 9.88 Å². The number of hydrogen-bond donors (Lipinski definition) is 3. The Labute approximate surface area is 210 Å². The van der Waals surface area contributed by atoms with Crippen molar-refractivity contribution in [3.63, 3.8) is 0 Å². The number of halogens is 2. The number of nitrogens with zero attached hydrogens (tertiary/aromatic N) is 1. The van der Waals surface area contributed by atoms with E-state index in [0.29, 0.717) is 50.6 Å². The largest absolute Gasteiger partial charge is 0.492 e. The lowest BCUT2D eigenvalue weighted by molar-refractivity contribution is 0.323. The Morgan fingerprint density at radius 3 is 2.52 bits per heavy atom. The van der Waals surface area contributed by atoms with Gasteiger partial charge in [-0.25, -0.2) is 0 Å². The quantitative estimate of drug-likeness (QED) is 0.225. The van der Waals surface area contributed by atoms with E-state index in [1.165, 1.54) is 4.57 Å². The van der Waals surface area contributed by atoms with Gasteiger partial charge in [-0.2, -0.15) is 0 Å². The van der Waals surface area contributed by atoms with Gasteiger partial charge in [-0.3, -0.25) is 9.36 Å². The first kappa shape index (κ1) is 23.3. The number of benzene rings is 3. The fraction of sp³-hybridized carbons (Fsp3) is 0.0870. The molecule has 4 rings (SSSR count). The first-order chi connectivity index (χ1) is 15.9. The molecule has 33 heavy (non-hydrogen) atoms. The topological polar surface area (TPSA) is 71.1 Å². The van der Waals surface area contributed by atoms with Gasteiger partial charge >= 0.3 is 0 Å². The van der Waals surface area contributed by atoms with Crippen molar-refractivity contribution in [2.24, 2.45) is 0 Å². The van der Waals surface area contributed by atoms with E-state index in [2.05, 4.69) is 15.6 Å². The van der Waals surface area contributed by atoms with E-state index in [9.17, 15) is 4.79 Å². The second-order valence-corrected chi connectivity index (χ2v) is 8.55. The zero-order valence-corrected chi connectivity index (χ0v) is 20.2. The third-order valence-electron chi connectivity index (χ3n) is 4.74. The minimum absolute atomic E-state index is 0.246. The third kappa shape index (κ3) is 5.36. The van der Waals surface area contributed by atoms with E-state index >= 15 is 0 Å². The summed E-state index contributed by atoms with van der Waals surface area (Å²) in [6.07, 6.45) is 0. The van der Waals surface area contributed by atoms with Crippen molar-refractivity contribution < 1.29 is 4.74 Å².